The number of amides is 1. The van der Waals surface area contributed by atoms with Crippen molar-refractivity contribution in [3.8, 4) is 0 Å². The highest BCUT2D eigenvalue weighted by molar-refractivity contribution is 7.12. The van der Waals surface area contributed by atoms with Crippen molar-refractivity contribution < 1.29 is 23.9 Å². The number of esters is 2. The van der Waals surface area contributed by atoms with Gasteiger partial charge in [0.25, 0.3) is 5.91 Å². The zero-order chi connectivity index (χ0) is 15.1. The van der Waals surface area contributed by atoms with Gasteiger partial charge in [-0.05, 0) is 30.4 Å². The summed E-state index contributed by atoms with van der Waals surface area (Å²) in [6, 6.07) is 0.953. The Kier molecular flexibility index (Phi) is 6.17. The molecule has 1 heterocycles. The van der Waals surface area contributed by atoms with Crippen LogP contribution in [0.2, 0.25) is 0 Å². The molecule has 0 aliphatic heterocycles. The predicted molar refractivity (Wildman–Crippen MR) is 73.6 cm³/mol. The molecule has 0 aliphatic rings. The standard InChI is InChI=1S/C13H17NO5S/c1-8-6-7-20-11(8)12(16)14-9(13(17)19-3)4-5-10(15)18-2/h6-7,9H,4-5H2,1-3H3,(H,14,16)/t9-/m0/s1. The Morgan fingerprint density at radius 1 is 1.30 bits per heavy atom. The topological polar surface area (TPSA) is 81.7 Å². The minimum absolute atomic E-state index is 0.0277. The van der Waals surface area contributed by atoms with Crippen molar-refractivity contribution in [1.82, 2.24) is 5.32 Å². The molecule has 0 spiro atoms. The van der Waals surface area contributed by atoms with Gasteiger partial charge in [0.05, 0.1) is 19.1 Å². The first kappa shape index (κ1) is 16.2. The molecule has 0 saturated heterocycles. The average Bonchev–Trinajstić information content (AvgIpc) is 2.88. The van der Waals surface area contributed by atoms with Crippen molar-refractivity contribution in [3.05, 3.63) is 21.9 Å². The van der Waals surface area contributed by atoms with Crippen molar-refractivity contribution in [2.45, 2.75) is 25.8 Å². The van der Waals surface area contributed by atoms with Crippen LogP contribution in [0.3, 0.4) is 0 Å². The normalized spacial score (nSPS) is 11.6. The Labute approximate surface area is 121 Å². The fourth-order valence-corrected chi connectivity index (χ4v) is 2.41. The number of hydrogen-bond acceptors (Lipinski definition) is 6. The number of rotatable bonds is 6. The van der Waals surface area contributed by atoms with Crippen LogP contribution in [0.15, 0.2) is 11.4 Å². The molecule has 1 aromatic heterocycles. The third kappa shape index (κ3) is 4.34. The van der Waals surface area contributed by atoms with E-state index in [-0.39, 0.29) is 18.7 Å². The lowest BCUT2D eigenvalue weighted by atomic mass is 10.1. The van der Waals surface area contributed by atoms with Gasteiger partial charge in [0.2, 0.25) is 0 Å². The van der Waals surface area contributed by atoms with E-state index in [9.17, 15) is 14.4 Å². The number of carbonyl (C=O) groups is 3. The van der Waals surface area contributed by atoms with Crippen molar-refractivity contribution >= 4 is 29.2 Å². The molecule has 0 saturated carbocycles. The Hall–Kier alpha value is -1.89. The lowest BCUT2D eigenvalue weighted by molar-refractivity contribution is -0.144. The minimum Gasteiger partial charge on any atom is -0.469 e. The maximum atomic E-state index is 12.0. The maximum absolute atomic E-state index is 12.0. The van der Waals surface area contributed by atoms with Gasteiger partial charge < -0.3 is 14.8 Å². The molecule has 0 unspecified atom stereocenters. The average molecular weight is 299 g/mol. The summed E-state index contributed by atoms with van der Waals surface area (Å²) in [5.74, 6) is -1.38. The third-order valence-corrected chi connectivity index (χ3v) is 3.74. The second kappa shape index (κ2) is 7.64. The minimum atomic E-state index is -0.868. The van der Waals surface area contributed by atoms with Crippen LogP contribution < -0.4 is 5.32 Å². The van der Waals surface area contributed by atoms with E-state index in [1.165, 1.54) is 25.6 Å². The van der Waals surface area contributed by atoms with Crippen molar-refractivity contribution in [2.24, 2.45) is 0 Å². The van der Waals surface area contributed by atoms with E-state index in [4.69, 9.17) is 0 Å². The van der Waals surface area contributed by atoms with Gasteiger partial charge >= 0.3 is 11.9 Å². The van der Waals surface area contributed by atoms with Gasteiger partial charge in [-0.15, -0.1) is 11.3 Å². The molecule has 1 aromatic rings. The molecule has 1 N–H and O–H groups in total. The van der Waals surface area contributed by atoms with Crippen LogP contribution in [0.1, 0.15) is 28.1 Å². The highest BCUT2D eigenvalue weighted by Gasteiger charge is 2.24. The first-order valence-electron chi connectivity index (χ1n) is 5.99. The number of hydrogen-bond donors (Lipinski definition) is 1. The first-order valence-corrected chi connectivity index (χ1v) is 6.87. The fourth-order valence-electron chi connectivity index (χ4n) is 1.58. The smallest absolute Gasteiger partial charge is 0.328 e. The fraction of sp³-hybridized carbons (Fsp3) is 0.462. The molecule has 0 bridgehead atoms. The largest absolute Gasteiger partial charge is 0.469 e. The van der Waals surface area contributed by atoms with Gasteiger partial charge in [-0.3, -0.25) is 9.59 Å². The Morgan fingerprint density at radius 3 is 2.50 bits per heavy atom. The van der Waals surface area contributed by atoms with Gasteiger partial charge in [0.1, 0.15) is 6.04 Å². The van der Waals surface area contributed by atoms with Gasteiger partial charge in [-0.2, -0.15) is 0 Å². The molecular weight excluding hydrogens is 282 g/mol. The van der Waals surface area contributed by atoms with Crippen LogP contribution >= 0.6 is 11.3 Å². The number of carbonyl (C=O) groups excluding carboxylic acids is 3. The molecule has 0 aliphatic carbocycles. The lowest BCUT2D eigenvalue weighted by Crippen LogP contribution is -2.41. The van der Waals surface area contributed by atoms with Crippen molar-refractivity contribution in [2.75, 3.05) is 14.2 Å². The van der Waals surface area contributed by atoms with E-state index in [2.05, 4.69) is 14.8 Å². The molecule has 1 rings (SSSR count). The van der Waals surface area contributed by atoms with Crippen LogP contribution in [0, 0.1) is 6.92 Å². The summed E-state index contributed by atoms with van der Waals surface area (Å²) in [4.78, 5) is 35.3. The molecule has 0 radical (unpaired) electrons. The van der Waals surface area contributed by atoms with Crippen LogP contribution in [-0.4, -0.2) is 38.1 Å². The number of aryl methyl sites for hydroxylation is 1. The summed E-state index contributed by atoms with van der Waals surface area (Å²) in [5, 5.41) is 4.38. The second-order valence-corrected chi connectivity index (χ2v) is 5.01. The van der Waals surface area contributed by atoms with E-state index < -0.39 is 18.0 Å². The molecule has 6 nitrogen and oxygen atoms in total. The maximum Gasteiger partial charge on any atom is 0.328 e. The van der Waals surface area contributed by atoms with E-state index >= 15 is 0 Å². The molecule has 0 fully saturated rings. The Morgan fingerprint density at radius 2 is 2.00 bits per heavy atom. The van der Waals surface area contributed by atoms with Crippen molar-refractivity contribution in [3.63, 3.8) is 0 Å². The third-order valence-electron chi connectivity index (χ3n) is 2.72. The number of ether oxygens (including phenoxy) is 2. The summed E-state index contributed by atoms with van der Waals surface area (Å²) in [6.07, 6.45) is 0.162. The second-order valence-electron chi connectivity index (χ2n) is 4.10. The molecule has 1 atom stereocenters. The van der Waals surface area contributed by atoms with E-state index in [1.807, 2.05) is 13.0 Å². The summed E-state index contributed by atoms with van der Waals surface area (Å²) in [6.45, 7) is 1.81. The number of methoxy groups -OCH3 is 2. The van der Waals surface area contributed by atoms with Crippen molar-refractivity contribution in [1.29, 1.82) is 0 Å². The number of nitrogens with one attached hydrogen (secondary N) is 1. The van der Waals surface area contributed by atoms with Gasteiger partial charge in [0, 0.05) is 6.42 Å². The predicted octanol–water partition coefficient (Wildman–Crippen LogP) is 1.28. The quantitative estimate of drug-likeness (QED) is 0.800. The number of thiophene rings is 1. The van der Waals surface area contributed by atoms with Gasteiger partial charge in [-0.1, -0.05) is 0 Å². The summed E-state index contributed by atoms with van der Waals surface area (Å²) in [7, 11) is 2.50. The Balaban J connectivity index is 2.70. The van der Waals surface area contributed by atoms with Gasteiger partial charge in [0.15, 0.2) is 0 Å². The molecule has 1 amide bonds. The van der Waals surface area contributed by atoms with Crippen LogP contribution in [-0.2, 0) is 19.1 Å². The van der Waals surface area contributed by atoms with Gasteiger partial charge in [-0.25, -0.2) is 4.79 Å². The molecule has 7 heteroatoms. The highest BCUT2D eigenvalue weighted by atomic mass is 32.1. The monoisotopic (exact) mass is 299 g/mol. The molecule has 0 aromatic carbocycles. The molecular formula is C13H17NO5S. The molecule has 20 heavy (non-hydrogen) atoms. The van der Waals surface area contributed by atoms with E-state index in [0.29, 0.717) is 4.88 Å². The highest BCUT2D eigenvalue weighted by Crippen LogP contribution is 2.15. The lowest BCUT2D eigenvalue weighted by Gasteiger charge is -2.15. The first-order chi connectivity index (χ1) is 9.49. The van der Waals surface area contributed by atoms with Crippen LogP contribution in [0.25, 0.3) is 0 Å². The van der Waals surface area contributed by atoms with Crippen LogP contribution in [0.4, 0.5) is 0 Å². The zero-order valence-electron chi connectivity index (χ0n) is 11.6. The molecule has 110 valence electrons. The summed E-state index contributed by atoms with van der Waals surface area (Å²) < 4.78 is 9.13. The zero-order valence-corrected chi connectivity index (χ0v) is 12.4. The van der Waals surface area contributed by atoms with E-state index in [0.717, 1.165) is 5.56 Å². The van der Waals surface area contributed by atoms with E-state index in [1.54, 1.807) is 5.38 Å². The summed E-state index contributed by atoms with van der Waals surface area (Å²) in [5.41, 5.74) is 0.837. The summed E-state index contributed by atoms with van der Waals surface area (Å²) >= 11 is 1.29. The van der Waals surface area contributed by atoms with Crippen LogP contribution in [0.5, 0.6) is 0 Å². The Bertz CT molecular complexity index is 497. The SMILES string of the molecule is COC(=O)CC[C@H](NC(=O)c1sccc1C)C(=O)OC.